The van der Waals surface area contributed by atoms with Crippen molar-refractivity contribution < 1.29 is 22.8 Å². The third-order valence-corrected chi connectivity index (χ3v) is 5.71. The molecule has 2 amide bonds. The minimum atomic E-state index is -4.42. The molecule has 1 unspecified atom stereocenters. The highest BCUT2D eigenvalue weighted by atomic mass is 19.4. The number of nitrogens with zero attached hydrogens (tertiary/aromatic N) is 1. The Hall–Kier alpha value is -2.09. The van der Waals surface area contributed by atoms with Gasteiger partial charge < -0.3 is 15.5 Å². The number of hydrogen-bond acceptors (Lipinski definition) is 3. The topological polar surface area (TPSA) is 61.4 Å². The van der Waals surface area contributed by atoms with Gasteiger partial charge in [-0.15, -0.1) is 0 Å². The van der Waals surface area contributed by atoms with Crippen molar-refractivity contribution in [3.63, 3.8) is 0 Å². The second-order valence-corrected chi connectivity index (χ2v) is 8.15. The minimum Gasteiger partial charge on any atom is -0.355 e. The van der Waals surface area contributed by atoms with E-state index in [1.165, 1.54) is 11.0 Å². The van der Waals surface area contributed by atoms with Crippen LogP contribution in [0.3, 0.4) is 0 Å². The van der Waals surface area contributed by atoms with E-state index in [4.69, 9.17) is 0 Å². The molecule has 0 spiro atoms. The van der Waals surface area contributed by atoms with Gasteiger partial charge in [0.15, 0.2) is 0 Å². The van der Waals surface area contributed by atoms with Gasteiger partial charge in [0.2, 0.25) is 11.8 Å². The molecule has 2 heterocycles. The predicted octanol–water partition coefficient (Wildman–Crippen LogP) is 2.56. The quantitative estimate of drug-likeness (QED) is 0.803. The van der Waals surface area contributed by atoms with Gasteiger partial charge in [0, 0.05) is 26.1 Å². The van der Waals surface area contributed by atoms with Crippen LogP contribution in [-0.2, 0) is 22.3 Å². The Bertz CT molecular complexity index is 730. The number of carbonyl (C=O) groups is 2. The smallest absolute Gasteiger partial charge is 0.355 e. The fourth-order valence-corrected chi connectivity index (χ4v) is 3.82. The van der Waals surface area contributed by atoms with Crippen LogP contribution < -0.4 is 10.6 Å². The van der Waals surface area contributed by atoms with Crippen molar-refractivity contribution in [1.29, 1.82) is 0 Å². The molecule has 0 aromatic heterocycles. The van der Waals surface area contributed by atoms with Gasteiger partial charge in [-0.25, -0.2) is 0 Å². The van der Waals surface area contributed by atoms with E-state index in [0.29, 0.717) is 12.1 Å². The second kappa shape index (κ2) is 8.11. The minimum absolute atomic E-state index is 0.0568. The lowest BCUT2D eigenvalue weighted by molar-refractivity contribution is -0.137. The summed E-state index contributed by atoms with van der Waals surface area (Å²) in [6.45, 7) is 4.90. The van der Waals surface area contributed by atoms with Crippen LogP contribution in [0, 0.1) is 11.3 Å². The van der Waals surface area contributed by atoms with Crippen LogP contribution in [0.15, 0.2) is 24.3 Å². The maximum Gasteiger partial charge on any atom is 0.416 e. The average molecular weight is 397 g/mol. The van der Waals surface area contributed by atoms with Gasteiger partial charge in [-0.3, -0.25) is 9.59 Å². The van der Waals surface area contributed by atoms with E-state index in [-0.39, 0.29) is 36.7 Å². The first-order chi connectivity index (χ1) is 13.2. The van der Waals surface area contributed by atoms with E-state index in [2.05, 4.69) is 17.6 Å². The van der Waals surface area contributed by atoms with Crippen molar-refractivity contribution in [2.45, 2.75) is 38.9 Å². The maximum absolute atomic E-state index is 12.9. The zero-order valence-corrected chi connectivity index (χ0v) is 15.9. The summed E-state index contributed by atoms with van der Waals surface area (Å²) in [6.07, 6.45) is -2.35. The van der Waals surface area contributed by atoms with Gasteiger partial charge in [-0.2, -0.15) is 13.2 Å². The van der Waals surface area contributed by atoms with Crippen molar-refractivity contribution in [2.75, 3.05) is 26.2 Å². The molecule has 2 aliphatic rings. The zero-order valence-electron chi connectivity index (χ0n) is 15.9. The highest BCUT2D eigenvalue weighted by Crippen LogP contribution is 2.30. The predicted molar refractivity (Wildman–Crippen MR) is 98.2 cm³/mol. The summed E-state index contributed by atoms with van der Waals surface area (Å²) in [5, 5.41) is 6.27. The van der Waals surface area contributed by atoms with Crippen molar-refractivity contribution in [3.05, 3.63) is 35.4 Å². The molecule has 2 N–H and O–H groups in total. The third kappa shape index (κ3) is 5.04. The Morgan fingerprint density at radius 2 is 2.04 bits per heavy atom. The lowest BCUT2D eigenvalue weighted by atomic mass is 9.81. The molecule has 5 nitrogen and oxygen atoms in total. The normalized spacial score (nSPS) is 22.4. The molecule has 2 saturated heterocycles. The van der Waals surface area contributed by atoms with Gasteiger partial charge in [-0.1, -0.05) is 19.1 Å². The zero-order chi connectivity index (χ0) is 20.4. The molecule has 0 aliphatic carbocycles. The highest BCUT2D eigenvalue weighted by Gasteiger charge is 2.36. The Kier molecular flexibility index (Phi) is 5.98. The molecule has 2 fully saturated rings. The molecule has 0 bridgehead atoms. The lowest BCUT2D eigenvalue weighted by Crippen LogP contribution is -2.44. The first-order valence-corrected chi connectivity index (χ1v) is 9.59. The molecule has 1 atom stereocenters. The maximum atomic E-state index is 12.9. The van der Waals surface area contributed by atoms with Crippen LogP contribution in [0.5, 0.6) is 0 Å². The number of amides is 2. The van der Waals surface area contributed by atoms with Gasteiger partial charge in [0.05, 0.1) is 11.5 Å². The number of halogens is 3. The monoisotopic (exact) mass is 397 g/mol. The molecule has 0 saturated carbocycles. The standard InChI is InChI=1S/C20H26F3N3O2/c1-19(5-7-24-8-6-19)13-25-18(28)15-10-17(27)26(12-15)11-14-3-2-4-16(9-14)20(21,22)23/h2-4,9,15,24H,5-8,10-13H2,1H3,(H,25,28). The van der Waals surface area contributed by atoms with Crippen LogP contribution in [0.25, 0.3) is 0 Å². The molecule has 0 radical (unpaired) electrons. The van der Waals surface area contributed by atoms with E-state index in [9.17, 15) is 22.8 Å². The van der Waals surface area contributed by atoms with Crippen molar-refractivity contribution in [1.82, 2.24) is 15.5 Å². The SMILES string of the molecule is CC1(CNC(=O)C2CC(=O)N(Cc3cccc(C(F)(F)F)c3)C2)CCNCC1. The number of rotatable bonds is 5. The van der Waals surface area contributed by atoms with Crippen LogP contribution in [0.1, 0.15) is 37.3 Å². The number of benzene rings is 1. The Morgan fingerprint density at radius 3 is 2.71 bits per heavy atom. The van der Waals surface area contributed by atoms with E-state index >= 15 is 0 Å². The molecule has 1 aromatic rings. The van der Waals surface area contributed by atoms with E-state index in [1.54, 1.807) is 6.07 Å². The molecule has 1 aromatic carbocycles. The van der Waals surface area contributed by atoms with Crippen LogP contribution in [0.2, 0.25) is 0 Å². The van der Waals surface area contributed by atoms with E-state index < -0.39 is 17.7 Å². The summed E-state index contributed by atoms with van der Waals surface area (Å²) in [5.74, 6) is -0.811. The largest absolute Gasteiger partial charge is 0.416 e. The average Bonchev–Trinajstić information content (AvgIpc) is 3.01. The number of carbonyl (C=O) groups excluding carboxylic acids is 2. The van der Waals surface area contributed by atoms with E-state index in [1.807, 2.05) is 0 Å². The van der Waals surface area contributed by atoms with Crippen LogP contribution in [0.4, 0.5) is 13.2 Å². The van der Waals surface area contributed by atoms with Crippen molar-refractivity contribution >= 4 is 11.8 Å². The summed E-state index contributed by atoms with van der Waals surface area (Å²) in [5.41, 5.74) is -0.270. The highest BCUT2D eigenvalue weighted by molar-refractivity contribution is 5.89. The fraction of sp³-hybridized carbons (Fsp3) is 0.600. The summed E-state index contributed by atoms with van der Waals surface area (Å²) >= 11 is 0. The van der Waals surface area contributed by atoms with Crippen LogP contribution in [-0.4, -0.2) is 42.9 Å². The van der Waals surface area contributed by atoms with Gasteiger partial charge in [-0.05, 0) is 49.0 Å². The van der Waals surface area contributed by atoms with Gasteiger partial charge in [0.25, 0.3) is 0 Å². The summed E-state index contributed by atoms with van der Waals surface area (Å²) in [4.78, 5) is 26.2. The van der Waals surface area contributed by atoms with E-state index in [0.717, 1.165) is 38.1 Å². The molecule has 2 aliphatic heterocycles. The molecule has 8 heteroatoms. The Morgan fingerprint density at radius 1 is 1.32 bits per heavy atom. The van der Waals surface area contributed by atoms with Gasteiger partial charge >= 0.3 is 6.18 Å². The van der Waals surface area contributed by atoms with Gasteiger partial charge in [0.1, 0.15) is 0 Å². The number of alkyl halides is 3. The van der Waals surface area contributed by atoms with Crippen LogP contribution >= 0.6 is 0 Å². The first kappa shape index (κ1) is 20.6. The summed E-state index contributed by atoms with van der Waals surface area (Å²) in [6, 6.07) is 4.96. The van der Waals surface area contributed by atoms with Crippen molar-refractivity contribution in [3.8, 4) is 0 Å². The third-order valence-electron chi connectivity index (χ3n) is 5.71. The summed E-state index contributed by atoms with van der Waals surface area (Å²) < 4.78 is 38.6. The number of piperidine rings is 1. The molecule has 154 valence electrons. The lowest BCUT2D eigenvalue weighted by Gasteiger charge is -2.34. The molecular weight excluding hydrogens is 371 g/mol. The summed E-state index contributed by atoms with van der Waals surface area (Å²) in [7, 11) is 0. The number of hydrogen-bond donors (Lipinski definition) is 2. The molecular formula is C20H26F3N3O2. The number of likely N-dealkylation sites (tertiary alicyclic amines) is 1. The fourth-order valence-electron chi connectivity index (χ4n) is 3.82. The first-order valence-electron chi connectivity index (χ1n) is 9.59. The number of nitrogens with one attached hydrogen (secondary N) is 2. The molecule has 3 rings (SSSR count). The van der Waals surface area contributed by atoms with Crippen molar-refractivity contribution in [2.24, 2.45) is 11.3 Å². The second-order valence-electron chi connectivity index (χ2n) is 8.15. The Balaban J connectivity index is 1.55. The molecule has 28 heavy (non-hydrogen) atoms. The Labute approximate surface area is 162 Å².